The molecule has 0 bridgehead atoms. The topological polar surface area (TPSA) is 38.1 Å². The van der Waals surface area contributed by atoms with E-state index in [4.69, 9.17) is 4.52 Å². The Morgan fingerprint density at radius 2 is 2.29 bits per heavy atom. The van der Waals surface area contributed by atoms with Gasteiger partial charge in [-0.1, -0.05) is 24.9 Å². The molecular formula is C11H18N2O. The molecule has 14 heavy (non-hydrogen) atoms. The highest BCUT2D eigenvalue weighted by Gasteiger charge is 2.23. The molecule has 1 N–H and O–H groups in total. The number of rotatable bonds is 4. The monoisotopic (exact) mass is 194 g/mol. The Hall–Kier alpha value is -0.830. The van der Waals surface area contributed by atoms with Crippen molar-refractivity contribution in [3.05, 3.63) is 17.5 Å². The maximum Gasteiger partial charge on any atom is 0.144 e. The Labute approximate surface area is 84.9 Å². The van der Waals surface area contributed by atoms with Crippen LogP contribution in [0.2, 0.25) is 0 Å². The van der Waals surface area contributed by atoms with Gasteiger partial charge in [0.15, 0.2) is 0 Å². The second-order valence-electron chi connectivity index (χ2n) is 3.98. The Balaban J connectivity index is 2.04. The van der Waals surface area contributed by atoms with Crippen molar-refractivity contribution < 1.29 is 4.52 Å². The first kappa shape index (κ1) is 9.71. The molecule has 0 aliphatic heterocycles. The van der Waals surface area contributed by atoms with Crippen LogP contribution in [0.5, 0.6) is 0 Å². The summed E-state index contributed by atoms with van der Waals surface area (Å²) in [6.07, 6.45) is 7.08. The lowest BCUT2D eigenvalue weighted by Gasteiger charge is -2.07. The lowest BCUT2D eigenvalue weighted by Crippen LogP contribution is -2.12. The zero-order valence-electron chi connectivity index (χ0n) is 8.75. The summed E-state index contributed by atoms with van der Waals surface area (Å²) < 4.78 is 5.36. The van der Waals surface area contributed by atoms with Crippen LogP contribution in [0, 0.1) is 0 Å². The highest BCUT2D eigenvalue weighted by atomic mass is 16.5. The summed E-state index contributed by atoms with van der Waals surface area (Å²) in [6, 6.07) is 0. The third-order valence-corrected chi connectivity index (χ3v) is 2.97. The van der Waals surface area contributed by atoms with Gasteiger partial charge in [0.25, 0.3) is 0 Å². The van der Waals surface area contributed by atoms with Gasteiger partial charge in [0, 0.05) is 18.0 Å². The molecule has 1 aromatic rings. The van der Waals surface area contributed by atoms with Crippen LogP contribution >= 0.6 is 0 Å². The molecule has 78 valence electrons. The van der Waals surface area contributed by atoms with Crippen LogP contribution in [0.15, 0.2) is 10.7 Å². The fourth-order valence-electron chi connectivity index (χ4n) is 2.19. The fourth-order valence-corrected chi connectivity index (χ4v) is 2.19. The minimum Gasteiger partial charge on any atom is -0.361 e. The number of nitrogens with zero attached hydrogens (tertiary/aromatic N) is 1. The van der Waals surface area contributed by atoms with Crippen molar-refractivity contribution in [3.63, 3.8) is 0 Å². The molecule has 3 nitrogen and oxygen atoms in total. The molecule has 0 saturated heterocycles. The normalized spacial score (nSPS) is 17.8. The Morgan fingerprint density at radius 1 is 1.50 bits per heavy atom. The molecule has 0 unspecified atom stereocenters. The van der Waals surface area contributed by atoms with Crippen molar-refractivity contribution in [2.45, 2.75) is 45.1 Å². The molecule has 3 heteroatoms. The Kier molecular flexibility index (Phi) is 3.19. The molecule has 1 heterocycles. The SMILES string of the molecule is CCNCc1cnoc1C1CCCC1. The molecular weight excluding hydrogens is 176 g/mol. The quantitative estimate of drug-likeness (QED) is 0.800. The van der Waals surface area contributed by atoms with Gasteiger partial charge >= 0.3 is 0 Å². The molecule has 1 aliphatic carbocycles. The minimum absolute atomic E-state index is 0.631. The van der Waals surface area contributed by atoms with Gasteiger partial charge in [0.1, 0.15) is 5.76 Å². The third kappa shape index (κ3) is 1.98. The van der Waals surface area contributed by atoms with Crippen molar-refractivity contribution >= 4 is 0 Å². The molecule has 0 amide bonds. The van der Waals surface area contributed by atoms with Crippen LogP contribution in [0.1, 0.15) is 49.8 Å². The second kappa shape index (κ2) is 4.60. The summed E-state index contributed by atoms with van der Waals surface area (Å²) in [7, 11) is 0. The fraction of sp³-hybridized carbons (Fsp3) is 0.727. The molecule has 0 spiro atoms. The minimum atomic E-state index is 0.631. The first-order valence-corrected chi connectivity index (χ1v) is 5.56. The van der Waals surface area contributed by atoms with Crippen LogP contribution in [0.3, 0.4) is 0 Å². The number of hydrogen-bond acceptors (Lipinski definition) is 3. The Morgan fingerprint density at radius 3 is 3.00 bits per heavy atom. The summed E-state index contributed by atoms with van der Waals surface area (Å²) in [5.41, 5.74) is 1.25. The van der Waals surface area contributed by atoms with Crippen LogP contribution in [-0.2, 0) is 6.54 Å². The zero-order chi connectivity index (χ0) is 9.80. The van der Waals surface area contributed by atoms with Gasteiger partial charge in [-0.25, -0.2) is 0 Å². The van der Waals surface area contributed by atoms with Gasteiger partial charge in [0.2, 0.25) is 0 Å². The standard InChI is InChI=1S/C11H18N2O/c1-2-12-7-10-8-13-14-11(10)9-5-3-4-6-9/h8-9,12H,2-7H2,1H3. The van der Waals surface area contributed by atoms with Crippen LogP contribution < -0.4 is 5.32 Å². The summed E-state index contributed by atoms with van der Waals surface area (Å²) >= 11 is 0. The van der Waals surface area contributed by atoms with Gasteiger partial charge in [-0.15, -0.1) is 0 Å². The van der Waals surface area contributed by atoms with Gasteiger partial charge in [0.05, 0.1) is 6.20 Å². The first-order chi connectivity index (χ1) is 6.92. The third-order valence-electron chi connectivity index (χ3n) is 2.97. The molecule has 0 atom stereocenters. The van der Waals surface area contributed by atoms with E-state index in [2.05, 4.69) is 17.4 Å². The summed E-state index contributed by atoms with van der Waals surface area (Å²) in [5, 5.41) is 7.22. The van der Waals surface area contributed by atoms with Gasteiger partial charge in [-0.3, -0.25) is 0 Å². The van der Waals surface area contributed by atoms with E-state index in [9.17, 15) is 0 Å². The van der Waals surface area contributed by atoms with E-state index in [1.807, 2.05) is 6.20 Å². The van der Waals surface area contributed by atoms with Gasteiger partial charge in [-0.05, 0) is 19.4 Å². The van der Waals surface area contributed by atoms with Crippen molar-refractivity contribution in [3.8, 4) is 0 Å². The first-order valence-electron chi connectivity index (χ1n) is 5.56. The van der Waals surface area contributed by atoms with Crippen molar-refractivity contribution in [1.82, 2.24) is 10.5 Å². The van der Waals surface area contributed by atoms with E-state index in [0.717, 1.165) is 18.8 Å². The smallest absolute Gasteiger partial charge is 0.144 e. The highest BCUT2D eigenvalue weighted by molar-refractivity contribution is 5.18. The van der Waals surface area contributed by atoms with E-state index < -0.39 is 0 Å². The van der Waals surface area contributed by atoms with Crippen molar-refractivity contribution in [1.29, 1.82) is 0 Å². The Bertz CT molecular complexity index is 277. The van der Waals surface area contributed by atoms with Crippen molar-refractivity contribution in [2.24, 2.45) is 0 Å². The molecule has 0 radical (unpaired) electrons. The van der Waals surface area contributed by atoms with Gasteiger partial charge in [-0.2, -0.15) is 0 Å². The summed E-state index contributed by atoms with van der Waals surface area (Å²) in [5.74, 6) is 1.76. The lowest BCUT2D eigenvalue weighted by molar-refractivity contribution is 0.358. The number of aromatic nitrogens is 1. The van der Waals surface area contributed by atoms with Crippen LogP contribution in [0.25, 0.3) is 0 Å². The number of hydrogen-bond donors (Lipinski definition) is 1. The average Bonchev–Trinajstić information content (AvgIpc) is 2.84. The number of nitrogens with one attached hydrogen (secondary N) is 1. The molecule has 2 rings (SSSR count). The zero-order valence-corrected chi connectivity index (χ0v) is 8.75. The lowest BCUT2D eigenvalue weighted by atomic mass is 10.0. The van der Waals surface area contributed by atoms with E-state index in [-0.39, 0.29) is 0 Å². The highest BCUT2D eigenvalue weighted by Crippen LogP contribution is 2.35. The predicted octanol–water partition coefficient (Wildman–Crippen LogP) is 2.44. The van der Waals surface area contributed by atoms with E-state index >= 15 is 0 Å². The average molecular weight is 194 g/mol. The summed E-state index contributed by atoms with van der Waals surface area (Å²) in [4.78, 5) is 0. The molecule has 1 aromatic heterocycles. The maximum atomic E-state index is 5.36. The predicted molar refractivity (Wildman–Crippen MR) is 55.1 cm³/mol. The van der Waals surface area contributed by atoms with Crippen molar-refractivity contribution in [2.75, 3.05) is 6.54 Å². The molecule has 1 fully saturated rings. The largest absolute Gasteiger partial charge is 0.361 e. The van der Waals surface area contributed by atoms with E-state index in [1.165, 1.54) is 31.2 Å². The second-order valence-corrected chi connectivity index (χ2v) is 3.98. The summed E-state index contributed by atoms with van der Waals surface area (Å²) in [6.45, 7) is 4.00. The maximum absolute atomic E-state index is 5.36. The van der Waals surface area contributed by atoms with Crippen LogP contribution in [-0.4, -0.2) is 11.7 Å². The van der Waals surface area contributed by atoms with E-state index in [1.54, 1.807) is 0 Å². The molecule has 0 aromatic carbocycles. The molecule has 1 saturated carbocycles. The van der Waals surface area contributed by atoms with Gasteiger partial charge < -0.3 is 9.84 Å². The van der Waals surface area contributed by atoms with E-state index in [0.29, 0.717) is 5.92 Å². The molecule has 1 aliphatic rings. The van der Waals surface area contributed by atoms with Crippen LogP contribution in [0.4, 0.5) is 0 Å².